The standard InChI is InChI=1S/C20H15NO3/c22-19(15-9-3-1-4-10-15)24-20(23)17-13-7-8-14-18(17)21-16-11-5-2-6-12-16/h1-14,21H. The molecule has 0 saturated heterocycles. The highest BCUT2D eigenvalue weighted by atomic mass is 16.6. The highest BCUT2D eigenvalue weighted by molar-refractivity contribution is 6.05. The number of hydrogen-bond acceptors (Lipinski definition) is 4. The maximum atomic E-state index is 12.4. The number of nitrogens with one attached hydrogen (secondary N) is 1. The molecule has 3 rings (SSSR count). The zero-order chi connectivity index (χ0) is 16.8. The van der Waals surface area contributed by atoms with E-state index in [-0.39, 0.29) is 0 Å². The van der Waals surface area contributed by atoms with Crippen LogP contribution in [-0.2, 0) is 4.74 Å². The first kappa shape index (κ1) is 15.5. The predicted molar refractivity (Wildman–Crippen MR) is 92.4 cm³/mol. The molecule has 0 aliphatic heterocycles. The number of para-hydroxylation sites is 2. The van der Waals surface area contributed by atoms with Crippen LogP contribution in [0.2, 0.25) is 0 Å². The molecule has 0 bridgehead atoms. The summed E-state index contributed by atoms with van der Waals surface area (Å²) in [6, 6.07) is 24.8. The molecule has 118 valence electrons. The first-order valence-electron chi connectivity index (χ1n) is 7.47. The van der Waals surface area contributed by atoms with Crippen molar-refractivity contribution in [2.75, 3.05) is 5.32 Å². The normalized spacial score (nSPS) is 10.0. The van der Waals surface area contributed by atoms with Crippen LogP contribution in [-0.4, -0.2) is 11.9 Å². The number of anilines is 2. The van der Waals surface area contributed by atoms with Gasteiger partial charge in [-0.3, -0.25) is 0 Å². The number of rotatable bonds is 4. The van der Waals surface area contributed by atoms with Crippen molar-refractivity contribution in [3.8, 4) is 0 Å². The molecule has 0 unspecified atom stereocenters. The molecule has 0 amide bonds. The van der Waals surface area contributed by atoms with Crippen molar-refractivity contribution in [2.45, 2.75) is 0 Å². The maximum Gasteiger partial charge on any atom is 0.348 e. The summed E-state index contributed by atoms with van der Waals surface area (Å²) in [5.74, 6) is -1.36. The smallest absolute Gasteiger partial charge is 0.348 e. The quantitative estimate of drug-likeness (QED) is 0.571. The van der Waals surface area contributed by atoms with Gasteiger partial charge in [0.15, 0.2) is 0 Å². The molecule has 0 aliphatic carbocycles. The van der Waals surface area contributed by atoms with Gasteiger partial charge in [0, 0.05) is 5.69 Å². The van der Waals surface area contributed by atoms with Crippen molar-refractivity contribution in [3.63, 3.8) is 0 Å². The van der Waals surface area contributed by atoms with Crippen molar-refractivity contribution in [2.24, 2.45) is 0 Å². The minimum Gasteiger partial charge on any atom is -0.386 e. The fourth-order valence-corrected chi connectivity index (χ4v) is 2.22. The van der Waals surface area contributed by atoms with E-state index in [2.05, 4.69) is 5.32 Å². The lowest BCUT2D eigenvalue weighted by molar-refractivity contribution is 0.0398. The van der Waals surface area contributed by atoms with Gasteiger partial charge in [-0.15, -0.1) is 0 Å². The van der Waals surface area contributed by atoms with E-state index in [1.165, 1.54) is 0 Å². The summed E-state index contributed by atoms with van der Waals surface area (Å²) in [4.78, 5) is 24.4. The molecule has 0 atom stereocenters. The summed E-state index contributed by atoms with van der Waals surface area (Å²) in [6.45, 7) is 0. The van der Waals surface area contributed by atoms with Crippen LogP contribution in [0.4, 0.5) is 11.4 Å². The lowest BCUT2D eigenvalue weighted by Gasteiger charge is -2.11. The van der Waals surface area contributed by atoms with Crippen LogP contribution in [0.1, 0.15) is 20.7 Å². The van der Waals surface area contributed by atoms with Gasteiger partial charge in [-0.05, 0) is 36.4 Å². The van der Waals surface area contributed by atoms with E-state index in [9.17, 15) is 9.59 Å². The Balaban J connectivity index is 1.79. The third-order valence-electron chi connectivity index (χ3n) is 3.39. The molecule has 0 aromatic heterocycles. The van der Waals surface area contributed by atoms with Crippen molar-refractivity contribution in [3.05, 3.63) is 96.1 Å². The lowest BCUT2D eigenvalue weighted by Crippen LogP contribution is -2.14. The summed E-state index contributed by atoms with van der Waals surface area (Å²) in [6.07, 6.45) is 0. The second-order valence-electron chi connectivity index (χ2n) is 5.08. The van der Waals surface area contributed by atoms with Gasteiger partial charge in [0.25, 0.3) is 0 Å². The SMILES string of the molecule is O=C(OC(=O)c1ccccc1Nc1ccccc1)c1ccccc1. The van der Waals surface area contributed by atoms with Crippen molar-refractivity contribution < 1.29 is 14.3 Å². The summed E-state index contributed by atoms with van der Waals surface area (Å²) >= 11 is 0. The minimum atomic E-state index is -0.692. The molecular formula is C20H15NO3. The number of carbonyl (C=O) groups excluding carboxylic acids is 2. The number of hydrogen-bond donors (Lipinski definition) is 1. The van der Waals surface area contributed by atoms with E-state index in [4.69, 9.17) is 4.74 Å². The second kappa shape index (κ2) is 7.24. The van der Waals surface area contributed by atoms with Crippen LogP contribution in [0.15, 0.2) is 84.9 Å². The molecule has 0 heterocycles. The van der Waals surface area contributed by atoms with E-state index in [1.807, 2.05) is 30.3 Å². The largest absolute Gasteiger partial charge is 0.386 e. The Labute approximate surface area is 139 Å². The summed E-state index contributed by atoms with van der Waals surface area (Å²) in [5, 5.41) is 3.15. The Morgan fingerprint density at radius 3 is 1.96 bits per heavy atom. The molecule has 0 saturated carbocycles. The third-order valence-corrected chi connectivity index (χ3v) is 3.39. The zero-order valence-electron chi connectivity index (χ0n) is 12.8. The Morgan fingerprint density at radius 2 is 1.25 bits per heavy atom. The second-order valence-corrected chi connectivity index (χ2v) is 5.08. The van der Waals surface area contributed by atoms with Crippen molar-refractivity contribution in [1.29, 1.82) is 0 Å². The maximum absolute atomic E-state index is 12.4. The number of ether oxygens (including phenoxy) is 1. The Kier molecular flexibility index (Phi) is 4.68. The Morgan fingerprint density at radius 1 is 0.667 bits per heavy atom. The van der Waals surface area contributed by atoms with Gasteiger partial charge in [-0.25, -0.2) is 9.59 Å². The van der Waals surface area contributed by atoms with E-state index < -0.39 is 11.9 Å². The fraction of sp³-hybridized carbons (Fsp3) is 0. The summed E-state index contributed by atoms with van der Waals surface area (Å²) in [7, 11) is 0. The Bertz CT molecular complexity index is 845. The van der Waals surface area contributed by atoms with Crippen molar-refractivity contribution >= 4 is 23.3 Å². The van der Waals surface area contributed by atoms with Gasteiger partial charge in [-0.2, -0.15) is 0 Å². The van der Waals surface area contributed by atoms with E-state index in [0.29, 0.717) is 16.8 Å². The molecule has 0 spiro atoms. The van der Waals surface area contributed by atoms with Crippen LogP contribution < -0.4 is 5.32 Å². The molecule has 0 fully saturated rings. The molecule has 4 nitrogen and oxygen atoms in total. The summed E-state index contributed by atoms with van der Waals surface area (Å²) in [5.41, 5.74) is 2.05. The Hall–Kier alpha value is -3.40. The fourth-order valence-electron chi connectivity index (χ4n) is 2.22. The lowest BCUT2D eigenvalue weighted by atomic mass is 10.1. The van der Waals surface area contributed by atoms with Gasteiger partial charge >= 0.3 is 11.9 Å². The number of carbonyl (C=O) groups is 2. The summed E-state index contributed by atoms with van der Waals surface area (Å²) < 4.78 is 4.98. The molecule has 4 heteroatoms. The van der Waals surface area contributed by atoms with Crippen LogP contribution in [0, 0.1) is 0 Å². The molecular weight excluding hydrogens is 302 g/mol. The molecule has 3 aromatic carbocycles. The topological polar surface area (TPSA) is 55.4 Å². The number of benzene rings is 3. The molecule has 0 radical (unpaired) electrons. The van der Waals surface area contributed by atoms with E-state index in [0.717, 1.165) is 5.69 Å². The van der Waals surface area contributed by atoms with Gasteiger partial charge in [0.2, 0.25) is 0 Å². The van der Waals surface area contributed by atoms with Crippen molar-refractivity contribution in [1.82, 2.24) is 0 Å². The molecule has 3 aromatic rings. The first-order valence-corrected chi connectivity index (χ1v) is 7.47. The van der Waals surface area contributed by atoms with Gasteiger partial charge in [-0.1, -0.05) is 48.5 Å². The average Bonchev–Trinajstić information content (AvgIpc) is 2.63. The number of esters is 2. The van der Waals surface area contributed by atoms with Crippen LogP contribution >= 0.6 is 0 Å². The molecule has 1 N–H and O–H groups in total. The highest BCUT2D eigenvalue weighted by Gasteiger charge is 2.17. The average molecular weight is 317 g/mol. The van der Waals surface area contributed by atoms with Crippen LogP contribution in [0.5, 0.6) is 0 Å². The van der Waals surface area contributed by atoms with Crippen LogP contribution in [0.25, 0.3) is 0 Å². The van der Waals surface area contributed by atoms with Gasteiger partial charge in [0.1, 0.15) is 0 Å². The molecule has 24 heavy (non-hydrogen) atoms. The minimum absolute atomic E-state index is 0.297. The highest BCUT2D eigenvalue weighted by Crippen LogP contribution is 2.21. The zero-order valence-corrected chi connectivity index (χ0v) is 12.8. The van der Waals surface area contributed by atoms with E-state index in [1.54, 1.807) is 54.6 Å². The van der Waals surface area contributed by atoms with Gasteiger partial charge < -0.3 is 10.1 Å². The predicted octanol–water partition coefficient (Wildman–Crippen LogP) is 4.43. The van der Waals surface area contributed by atoms with Crippen LogP contribution in [0.3, 0.4) is 0 Å². The third kappa shape index (κ3) is 3.67. The first-order chi connectivity index (χ1) is 11.7. The van der Waals surface area contributed by atoms with E-state index >= 15 is 0 Å². The monoisotopic (exact) mass is 317 g/mol. The van der Waals surface area contributed by atoms with Gasteiger partial charge in [0.05, 0.1) is 16.8 Å². The molecule has 0 aliphatic rings.